The summed E-state index contributed by atoms with van der Waals surface area (Å²) < 4.78 is 19.6. The number of nitrogens with one attached hydrogen (secondary N) is 1. The Kier molecular flexibility index (Phi) is 7.52. The first-order chi connectivity index (χ1) is 17.1. The number of rotatable bonds is 8. The van der Waals surface area contributed by atoms with Gasteiger partial charge < -0.3 is 9.73 Å². The molecule has 3 aromatic carbocycles. The van der Waals surface area contributed by atoms with Crippen molar-refractivity contribution in [1.29, 1.82) is 0 Å². The van der Waals surface area contributed by atoms with Crippen molar-refractivity contribution in [3.05, 3.63) is 107 Å². The van der Waals surface area contributed by atoms with Crippen LogP contribution in [-0.4, -0.2) is 34.7 Å². The van der Waals surface area contributed by atoms with Gasteiger partial charge in [-0.1, -0.05) is 54.1 Å². The fourth-order valence-electron chi connectivity index (χ4n) is 4.53. The van der Waals surface area contributed by atoms with Gasteiger partial charge in [-0.05, 0) is 85.9 Å². The van der Waals surface area contributed by atoms with Gasteiger partial charge in [0.25, 0.3) is 0 Å². The van der Waals surface area contributed by atoms with Crippen LogP contribution >= 0.6 is 11.6 Å². The summed E-state index contributed by atoms with van der Waals surface area (Å²) in [6.07, 6.45) is 2.21. The van der Waals surface area contributed by atoms with Crippen LogP contribution in [0.4, 0.5) is 4.39 Å². The lowest BCUT2D eigenvalue weighted by atomic mass is 9.95. The first-order valence-corrected chi connectivity index (χ1v) is 12.4. The van der Waals surface area contributed by atoms with Crippen molar-refractivity contribution in [3.63, 3.8) is 0 Å². The monoisotopic (exact) mass is 490 g/mol. The number of hydrogen-bond donors (Lipinski definition) is 1. The molecule has 2 heterocycles. The second-order valence-corrected chi connectivity index (χ2v) is 9.49. The van der Waals surface area contributed by atoms with E-state index in [1.54, 1.807) is 12.1 Å². The van der Waals surface area contributed by atoms with E-state index in [0.717, 1.165) is 55.2 Å². The molecule has 1 saturated heterocycles. The summed E-state index contributed by atoms with van der Waals surface area (Å²) in [5.41, 5.74) is 3.06. The van der Waals surface area contributed by atoms with E-state index in [0.29, 0.717) is 17.7 Å². The maximum Gasteiger partial charge on any atom is 0.247 e. The highest BCUT2D eigenvalue weighted by molar-refractivity contribution is 6.30. The molecule has 1 aliphatic heterocycles. The molecule has 1 aromatic heterocycles. The number of hydrogen-bond acceptors (Lipinski definition) is 5. The fourth-order valence-corrected chi connectivity index (χ4v) is 4.66. The predicted molar refractivity (Wildman–Crippen MR) is 135 cm³/mol. The van der Waals surface area contributed by atoms with Crippen LogP contribution in [0.15, 0.2) is 83.3 Å². The van der Waals surface area contributed by atoms with E-state index in [1.807, 2.05) is 42.5 Å². The molecule has 180 valence electrons. The van der Waals surface area contributed by atoms with Gasteiger partial charge in [0.1, 0.15) is 11.9 Å². The molecule has 0 bridgehead atoms. The number of halogens is 2. The van der Waals surface area contributed by atoms with Gasteiger partial charge >= 0.3 is 0 Å². The Balaban J connectivity index is 1.23. The normalized spacial score (nSPS) is 15.8. The molecule has 4 aromatic rings. The van der Waals surface area contributed by atoms with Gasteiger partial charge in [0.15, 0.2) is 0 Å². The van der Waals surface area contributed by atoms with Crippen molar-refractivity contribution >= 4 is 11.6 Å². The summed E-state index contributed by atoms with van der Waals surface area (Å²) in [5.74, 6) is 1.23. The highest BCUT2D eigenvalue weighted by atomic mass is 35.5. The highest BCUT2D eigenvalue weighted by Crippen LogP contribution is 2.27. The molecule has 0 aliphatic carbocycles. The molecule has 0 spiro atoms. The SMILES string of the molecule is Fc1ccc([C@@H](NCC2CCN(Cc3ccc(Cl)cc3)CC2)c2nnc(-c3ccccc3)o2)cc1. The Morgan fingerprint density at radius 2 is 1.66 bits per heavy atom. The summed E-state index contributed by atoms with van der Waals surface area (Å²) in [4.78, 5) is 2.49. The first-order valence-electron chi connectivity index (χ1n) is 12.0. The van der Waals surface area contributed by atoms with Crippen LogP contribution in [-0.2, 0) is 6.54 Å². The van der Waals surface area contributed by atoms with Crippen LogP contribution in [0.3, 0.4) is 0 Å². The molecule has 7 heteroatoms. The Morgan fingerprint density at radius 3 is 2.37 bits per heavy atom. The smallest absolute Gasteiger partial charge is 0.247 e. The van der Waals surface area contributed by atoms with Gasteiger partial charge in [-0.2, -0.15) is 0 Å². The van der Waals surface area contributed by atoms with E-state index >= 15 is 0 Å². The molecule has 1 aliphatic rings. The second-order valence-electron chi connectivity index (χ2n) is 9.05. The number of likely N-dealkylation sites (tertiary alicyclic amines) is 1. The summed E-state index contributed by atoms with van der Waals surface area (Å²) >= 11 is 6.01. The minimum atomic E-state index is -0.298. The van der Waals surface area contributed by atoms with Crippen molar-refractivity contribution in [2.24, 2.45) is 5.92 Å². The maximum atomic E-state index is 13.6. The topological polar surface area (TPSA) is 54.2 Å². The molecule has 5 nitrogen and oxygen atoms in total. The average Bonchev–Trinajstić information content (AvgIpc) is 3.38. The van der Waals surface area contributed by atoms with Crippen molar-refractivity contribution in [1.82, 2.24) is 20.4 Å². The highest BCUT2D eigenvalue weighted by Gasteiger charge is 2.25. The zero-order chi connectivity index (χ0) is 24.0. The lowest BCUT2D eigenvalue weighted by molar-refractivity contribution is 0.173. The van der Waals surface area contributed by atoms with E-state index in [9.17, 15) is 4.39 Å². The molecular weight excluding hydrogens is 463 g/mol. The number of piperidine rings is 1. The molecule has 1 fully saturated rings. The first kappa shape index (κ1) is 23.7. The largest absolute Gasteiger partial charge is 0.419 e. The third kappa shape index (κ3) is 6.14. The van der Waals surface area contributed by atoms with Crippen molar-refractivity contribution < 1.29 is 8.81 Å². The standard InChI is InChI=1S/C28H28ClFN4O/c29-24-10-6-21(7-11-24)19-34-16-14-20(15-17-34)18-31-26(22-8-12-25(30)13-9-22)28-33-32-27(35-28)23-4-2-1-3-5-23/h1-13,20,26,31H,14-19H2/t26-/m1/s1. The van der Waals surface area contributed by atoms with Crippen LogP contribution in [0, 0.1) is 11.7 Å². The lowest BCUT2D eigenvalue weighted by Crippen LogP contribution is -2.38. The summed E-state index contributed by atoms with van der Waals surface area (Å²) in [6, 6.07) is 24.0. The van der Waals surface area contributed by atoms with Gasteiger partial charge in [-0.15, -0.1) is 10.2 Å². The second kappa shape index (κ2) is 11.1. The minimum absolute atomic E-state index is 0.268. The summed E-state index contributed by atoms with van der Waals surface area (Å²) in [5, 5.41) is 13.0. The van der Waals surface area contributed by atoms with Gasteiger partial charge in [-0.3, -0.25) is 4.90 Å². The van der Waals surface area contributed by atoms with E-state index in [-0.39, 0.29) is 11.9 Å². The zero-order valence-corrected chi connectivity index (χ0v) is 20.2. The van der Waals surface area contributed by atoms with Gasteiger partial charge in [0.2, 0.25) is 11.8 Å². The molecule has 5 rings (SSSR count). The van der Waals surface area contributed by atoms with Crippen LogP contribution in [0.2, 0.25) is 5.02 Å². The van der Waals surface area contributed by atoms with E-state index in [4.69, 9.17) is 16.0 Å². The summed E-state index contributed by atoms with van der Waals surface area (Å²) in [6.45, 7) is 3.86. The molecule has 35 heavy (non-hydrogen) atoms. The Bertz CT molecular complexity index is 1210. The molecule has 0 unspecified atom stereocenters. The van der Waals surface area contributed by atoms with Gasteiger partial charge in [-0.25, -0.2) is 4.39 Å². The van der Waals surface area contributed by atoms with Crippen LogP contribution in [0.25, 0.3) is 11.5 Å². The van der Waals surface area contributed by atoms with Crippen molar-refractivity contribution in [2.75, 3.05) is 19.6 Å². The molecule has 1 N–H and O–H groups in total. The molecule has 0 saturated carbocycles. The van der Waals surface area contributed by atoms with Crippen molar-refractivity contribution in [2.45, 2.75) is 25.4 Å². The Hall–Kier alpha value is -3.06. The average molecular weight is 491 g/mol. The Morgan fingerprint density at radius 1 is 0.943 bits per heavy atom. The molecule has 1 atom stereocenters. The number of nitrogens with zero attached hydrogens (tertiary/aromatic N) is 3. The van der Waals surface area contributed by atoms with Gasteiger partial charge in [0, 0.05) is 17.1 Å². The quantitative estimate of drug-likeness (QED) is 0.322. The fraction of sp³-hybridized carbons (Fsp3) is 0.286. The van der Waals surface area contributed by atoms with Crippen LogP contribution < -0.4 is 5.32 Å². The van der Waals surface area contributed by atoms with E-state index < -0.39 is 0 Å². The van der Waals surface area contributed by atoms with Gasteiger partial charge in [0.05, 0.1) is 0 Å². The molecule has 0 radical (unpaired) electrons. The summed E-state index contributed by atoms with van der Waals surface area (Å²) in [7, 11) is 0. The van der Waals surface area contributed by atoms with Crippen LogP contribution in [0.5, 0.6) is 0 Å². The predicted octanol–water partition coefficient (Wildman–Crippen LogP) is 6.12. The minimum Gasteiger partial charge on any atom is -0.419 e. The van der Waals surface area contributed by atoms with E-state index in [2.05, 4.69) is 32.5 Å². The van der Waals surface area contributed by atoms with E-state index in [1.165, 1.54) is 17.7 Å². The van der Waals surface area contributed by atoms with Crippen molar-refractivity contribution in [3.8, 4) is 11.5 Å². The Labute approximate surface area is 209 Å². The van der Waals surface area contributed by atoms with Crippen LogP contribution in [0.1, 0.15) is 35.9 Å². The third-order valence-electron chi connectivity index (χ3n) is 6.55. The number of aromatic nitrogens is 2. The molecule has 0 amide bonds. The number of benzene rings is 3. The lowest BCUT2D eigenvalue weighted by Gasteiger charge is -2.32. The maximum absolute atomic E-state index is 13.6. The zero-order valence-electron chi connectivity index (χ0n) is 19.4. The molecular formula is C28H28ClFN4O. The third-order valence-corrected chi connectivity index (χ3v) is 6.80.